The number of rotatable bonds is 5. The minimum atomic E-state index is -1.24. The molecule has 0 aliphatic carbocycles. The maximum absolute atomic E-state index is 12.1. The van der Waals surface area contributed by atoms with Gasteiger partial charge in [-0.3, -0.25) is 9.59 Å². The van der Waals surface area contributed by atoms with E-state index in [2.05, 4.69) is 0 Å². The zero-order chi connectivity index (χ0) is 18.0. The molecule has 1 N–H and O–H groups in total. The van der Waals surface area contributed by atoms with Crippen LogP contribution in [0.4, 0.5) is 0 Å². The van der Waals surface area contributed by atoms with E-state index < -0.39 is 17.7 Å². The van der Waals surface area contributed by atoms with Crippen LogP contribution in [0.3, 0.4) is 0 Å². The Kier molecular flexibility index (Phi) is 4.78. The van der Waals surface area contributed by atoms with Gasteiger partial charge in [-0.25, -0.2) is 9.59 Å². The van der Waals surface area contributed by atoms with Crippen LogP contribution in [0.5, 0.6) is 0 Å². The number of ether oxygens (including phenoxy) is 1. The monoisotopic (exact) mass is 328 g/mol. The molecule has 6 nitrogen and oxygen atoms in total. The van der Waals surface area contributed by atoms with Gasteiger partial charge in [0.2, 0.25) is 0 Å². The van der Waals surface area contributed by atoms with Gasteiger partial charge in [-0.05, 0) is 55.8 Å². The van der Waals surface area contributed by atoms with Gasteiger partial charge in [0, 0.05) is 11.1 Å². The zero-order valence-corrected chi connectivity index (χ0v) is 13.5. The second kappa shape index (κ2) is 6.62. The van der Waals surface area contributed by atoms with Gasteiger partial charge in [0.1, 0.15) is 0 Å². The van der Waals surface area contributed by atoms with Gasteiger partial charge < -0.3 is 9.84 Å². The lowest BCUT2D eigenvalue weighted by Crippen LogP contribution is -2.11. The van der Waals surface area contributed by atoms with E-state index in [-0.39, 0.29) is 34.6 Å². The highest BCUT2D eigenvalue weighted by atomic mass is 16.5. The predicted octanol–water partition coefficient (Wildman–Crippen LogP) is 3.12. The van der Waals surface area contributed by atoms with Gasteiger partial charge in [0.25, 0.3) is 0 Å². The van der Waals surface area contributed by atoms with Gasteiger partial charge in [-0.2, -0.15) is 0 Å². The van der Waals surface area contributed by atoms with Gasteiger partial charge in [0.05, 0.1) is 17.7 Å². The Hall–Kier alpha value is -3.02. The van der Waals surface area contributed by atoms with Crippen molar-refractivity contribution in [3.63, 3.8) is 0 Å². The van der Waals surface area contributed by atoms with E-state index >= 15 is 0 Å². The molecule has 0 heterocycles. The number of hydrogen-bond acceptors (Lipinski definition) is 5. The first-order valence-corrected chi connectivity index (χ1v) is 7.30. The van der Waals surface area contributed by atoms with Crippen molar-refractivity contribution >= 4 is 34.3 Å². The number of benzene rings is 2. The molecule has 0 saturated carbocycles. The molecule has 2 rings (SSSR count). The average Bonchev–Trinajstić information content (AvgIpc) is 2.52. The molecule has 0 saturated heterocycles. The van der Waals surface area contributed by atoms with Crippen LogP contribution in [0.15, 0.2) is 24.3 Å². The highest BCUT2D eigenvalue weighted by molar-refractivity contribution is 6.12. The second-order valence-corrected chi connectivity index (χ2v) is 5.28. The summed E-state index contributed by atoms with van der Waals surface area (Å²) in [6, 6.07) is 5.63. The number of ketones is 2. The summed E-state index contributed by atoms with van der Waals surface area (Å²) in [5.41, 5.74) is 0.135. The smallest absolute Gasteiger partial charge is 0.338 e. The van der Waals surface area contributed by atoms with Crippen molar-refractivity contribution in [2.45, 2.75) is 20.8 Å². The number of fused-ring (bicyclic) bond motifs is 1. The number of esters is 1. The van der Waals surface area contributed by atoms with Crippen LogP contribution in [0.2, 0.25) is 0 Å². The number of carboxylic acid groups (broad SMARTS) is 1. The summed E-state index contributed by atoms with van der Waals surface area (Å²) in [4.78, 5) is 47.0. The summed E-state index contributed by atoms with van der Waals surface area (Å²) in [7, 11) is 0. The average molecular weight is 328 g/mol. The number of aromatic carboxylic acids is 1. The molecule has 0 amide bonds. The van der Waals surface area contributed by atoms with Gasteiger partial charge in [0.15, 0.2) is 11.6 Å². The quantitative estimate of drug-likeness (QED) is 0.669. The molecule has 0 spiro atoms. The Labute approximate surface area is 138 Å². The highest BCUT2D eigenvalue weighted by Crippen LogP contribution is 2.26. The van der Waals surface area contributed by atoms with Crippen molar-refractivity contribution in [3.8, 4) is 0 Å². The van der Waals surface area contributed by atoms with Gasteiger partial charge in [-0.1, -0.05) is 0 Å². The largest absolute Gasteiger partial charge is 0.478 e. The third kappa shape index (κ3) is 3.17. The van der Waals surface area contributed by atoms with Crippen LogP contribution in [-0.4, -0.2) is 35.2 Å². The van der Waals surface area contributed by atoms with Crippen molar-refractivity contribution in [2.75, 3.05) is 6.61 Å². The van der Waals surface area contributed by atoms with Gasteiger partial charge in [-0.15, -0.1) is 0 Å². The maximum atomic E-state index is 12.1. The standard InChI is InChI=1S/C18H16O6/c1-4-24-18(23)16-8-12-5-13(9(2)19)15(17(21)22)7-11(12)6-14(16)10(3)20/h5-8H,4H2,1-3H3,(H,21,22). The molecule has 0 atom stereocenters. The fourth-order valence-electron chi connectivity index (χ4n) is 2.49. The van der Waals surface area contributed by atoms with E-state index in [0.717, 1.165) is 0 Å². The minimum absolute atomic E-state index is 0.0420. The molecule has 6 heteroatoms. The summed E-state index contributed by atoms with van der Waals surface area (Å²) < 4.78 is 4.96. The first-order valence-electron chi connectivity index (χ1n) is 7.30. The molecular formula is C18H16O6. The minimum Gasteiger partial charge on any atom is -0.478 e. The van der Waals surface area contributed by atoms with E-state index in [0.29, 0.717) is 10.8 Å². The van der Waals surface area contributed by atoms with Gasteiger partial charge >= 0.3 is 11.9 Å². The Morgan fingerprint density at radius 1 is 0.833 bits per heavy atom. The Balaban J connectivity index is 2.82. The maximum Gasteiger partial charge on any atom is 0.338 e. The van der Waals surface area contributed by atoms with Crippen molar-refractivity contribution in [1.29, 1.82) is 0 Å². The fraction of sp³-hybridized carbons (Fsp3) is 0.222. The molecule has 0 unspecified atom stereocenters. The Morgan fingerprint density at radius 3 is 1.67 bits per heavy atom. The van der Waals surface area contributed by atoms with E-state index in [9.17, 15) is 24.3 Å². The Morgan fingerprint density at radius 2 is 1.25 bits per heavy atom. The molecule has 2 aromatic rings. The fourth-order valence-corrected chi connectivity index (χ4v) is 2.49. The summed E-state index contributed by atoms with van der Waals surface area (Å²) in [5, 5.41) is 10.2. The van der Waals surface area contributed by atoms with Crippen LogP contribution in [0.25, 0.3) is 10.8 Å². The molecule has 0 bridgehead atoms. The lowest BCUT2D eigenvalue weighted by Gasteiger charge is -2.11. The number of carboxylic acids is 1. The topological polar surface area (TPSA) is 97.7 Å². The molecule has 0 aliphatic rings. The molecule has 124 valence electrons. The summed E-state index contributed by atoms with van der Waals surface area (Å²) in [5.74, 6) is -2.62. The van der Waals surface area contributed by atoms with E-state index in [1.54, 1.807) is 6.92 Å². The van der Waals surface area contributed by atoms with E-state index in [1.807, 2.05) is 0 Å². The lowest BCUT2D eigenvalue weighted by molar-refractivity contribution is 0.0523. The summed E-state index contributed by atoms with van der Waals surface area (Å²) in [6.07, 6.45) is 0. The van der Waals surface area contributed by atoms with Crippen LogP contribution < -0.4 is 0 Å². The first kappa shape index (κ1) is 17.3. The second-order valence-electron chi connectivity index (χ2n) is 5.28. The van der Waals surface area contributed by atoms with Crippen molar-refractivity contribution in [3.05, 3.63) is 46.5 Å². The van der Waals surface area contributed by atoms with Crippen molar-refractivity contribution < 1.29 is 29.0 Å². The number of carbonyl (C=O) groups is 4. The molecule has 0 radical (unpaired) electrons. The van der Waals surface area contributed by atoms with Crippen LogP contribution >= 0.6 is 0 Å². The first-order chi connectivity index (χ1) is 11.3. The Bertz CT molecular complexity index is 879. The number of carbonyl (C=O) groups excluding carboxylic acids is 3. The molecule has 0 aliphatic heterocycles. The van der Waals surface area contributed by atoms with Crippen LogP contribution in [-0.2, 0) is 4.74 Å². The molecule has 0 aromatic heterocycles. The normalized spacial score (nSPS) is 10.5. The third-order valence-corrected chi connectivity index (χ3v) is 3.60. The molecule has 2 aromatic carbocycles. The SMILES string of the molecule is CCOC(=O)c1cc2cc(C(C)=O)c(C(=O)O)cc2cc1C(C)=O. The highest BCUT2D eigenvalue weighted by Gasteiger charge is 2.20. The lowest BCUT2D eigenvalue weighted by atomic mass is 9.94. The van der Waals surface area contributed by atoms with Crippen LogP contribution in [0, 0.1) is 0 Å². The van der Waals surface area contributed by atoms with E-state index in [4.69, 9.17) is 4.74 Å². The summed E-state index contributed by atoms with van der Waals surface area (Å²) >= 11 is 0. The van der Waals surface area contributed by atoms with Crippen molar-refractivity contribution in [2.24, 2.45) is 0 Å². The predicted molar refractivity (Wildman–Crippen MR) is 86.9 cm³/mol. The van der Waals surface area contributed by atoms with Crippen molar-refractivity contribution in [1.82, 2.24) is 0 Å². The zero-order valence-electron chi connectivity index (χ0n) is 13.5. The van der Waals surface area contributed by atoms with E-state index in [1.165, 1.54) is 38.1 Å². The number of hydrogen-bond donors (Lipinski definition) is 1. The third-order valence-electron chi connectivity index (χ3n) is 3.60. The molecular weight excluding hydrogens is 312 g/mol. The molecule has 24 heavy (non-hydrogen) atoms. The van der Waals surface area contributed by atoms with Crippen LogP contribution in [0.1, 0.15) is 62.2 Å². The number of Topliss-reactive ketones (excluding diaryl/α,β-unsaturated/α-hetero) is 2. The molecule has 0 fully saturated rings. The summed E-state index contributed by atoms with van der Waals surface area (Å²) in [6.45, 7) is 4.39.